The highest BCUT2D eigenvalue weighted by Gasteiger charge is 2.19. The molecule has 0 atom stereocenters. The van der Waals surface area contributed by atoms with Gasteiger partial charge in [-0.2, -0.15) is 5.10 Å². The molecule has 1 aliphatic heterocycles. The Labute approximate surface area is 168 Å². The van der Waals surface area contributed by atoms with E-state index in [0.717, 1.165) is 37.3 Å². The van der Waals surface area contributed by atoms with Gasteiger partial charge in [0, 0.05) is 37.4 Å². The maximum atomic E-state index is 13.1. The molecule has 0 radical (unpaired) electrons. The summed E-state index contributed by atoms with van der Waals surface area (Å²) in [5, 5.41) is 11.6. The Balaban J connectivity index is 1.46. The number of halogens is 1. The summed E-state index contributed by atoms with van der Waals surface area (Å²) in [7, 11) is 0. The number of carbonyl (C=O) groups is 1. The first-order valence-corrected chi connectivity index (χ1v) is 9.59. The predicted octanol–water partition coefficient (Wildman–Crippen LogP) is 4.07. The number of anilines is 2. The van der Waals surface area contributed by atoms with Gasteiger partial charge in [0.05, 0.1) is 17.6 Å². The first-order valence-electron chi connectivity index (χ1n) is 9.59. The molecule has 29 heavy (non-hydrogen) atoms. The largest absolute Gasteiger partial charge is 0.381 e. The molecule has 0 amide bonds. The molecule has 3 aromatic rings. The van der Waals surface area contributed by atoms with Crippen LogP contribution in [0.4, 0.5) is 15.8 Å². The van der Waals surface area contributed by atoms with E-state index in [1.54, 1.807) is 36.7 Å². The van der Waals surface area contributed by atoms with Crippen molar-refractivity contribution in [2.75, 3.05) is 18.5 Å². The van der Waals surface area contributed by atoms with Gasteiger partial charge >= 0.3 is 0 Å². The summed E-state index contributed by atoms with van der Waals surface area (Å²) in [6.07, 6.45) is 5.30. The molecule has 3 heterocycles. The van der Waals surface area contributed by atoms with E-state index in [1.165, 1.54) is 12.1 Å². The SMILES string of the molecule is O=C(Cc1ccncc1Nc1ccc(F)cc1)c1ccc(C2CCOCC2)nn1. The fourth-order valence-corrected chi connectivity index (χ4v) is 3.34. The highest BCUT2D eigenvalue weighted by molar-refractivity contribution is 5.96. The summed E-state index contributed by atoms with van der Waals surface area (Å²) in [4.78, 5) is 16.8. The first-order chi connectivity index (χ1) is 14.2. The zero-order valence-corrected chi connectivity index (χ0v) is 15.8. The first kappa shape index (κ1) is 19.1. The third-order valence-corrected chi connectivity index (χ3v) is 5.00. The monoisotopic (exact) mass is 392 g/mol. The van der Waals surface area contributed by atoms with Crippen LogP contribution < -0.4 is 5.32 Å². The van der Waals surface area contributed by atoms with Gasteiger partial charge < -0.3 is 10.1 Å². The van der Waals surface area contributed by atoms with Gasteiger partial charge in [0.2, 0.25) is 0 Å². The standard InChI is InChI=1S/C22H21FN4O2/c23-17-1-3-18(4-2-17)25-21-14-24-10-7-16(21)13-22(28)20-6-5-19(26-27-20)15-8-11-29-12-9-15/h1-7,10,14-15,25H,8-9,11-13H2. The summed E-state index contributed by atoms with van der Waals surface area (Å²) in [6, 6.07) is 11.4. The highest BCUT2D eigenvalue weighted by atomic mass is 19.1. The van der Waals surface area contributed by atoms with Crippen LogP contribution in [0.2, 0.25) is 0 Å². The molecule has 0 unspecified atom stereocenters. The van der Waals surface area contributed by atoms with E-state index < -0.39 is 0 Å². The van der Waals surface area contributed by atoms with Crippen LogP contribution in [0.25, 0.3) is 0 Å². The summed E-state index contributed by atoms with van der Waals surface area (Å²) in [5.41, 5.74) is 3.44. The number of hydrogen-bond acceptors (Lipinski definition) is 6. The lowest BCUT2D eigenvalue weighted by Crippen LogP contribution is -2.16. The van der Waals surface area contributed by atoms with Crippen LogP contribution in [0, 0.1) is 5.82 Å². The van der Waals surface area contributed by atoms with Gasteiger partial charge in [0.15, 0.2) is 5.78 Å². The second kappa shape index (κ2) is 8.87. The van der Waals surface area contributed by atoms with E-state index >= 15 is 0 Å². The van der Waals surface area contributed by atoms with Crippen molar-refractivity contribution in [3.05, 3.63) is 77.6 Å². The number of nitrogens with zero attached hydrogens (tertiary/aromatic N) is 3. The van der Waals surface area contributed by atoms with Crippen molar-refractivity contribution in [2.24, 2.45) is 0 Å². The van der Waals surface area contributed by atoms with Gasteiger partial charge in [-0.1, -0.05) is 0 Å². The van der Waals surface area contributed by atoms with Crippen LogP contribution in [-0.2, 0) is 11.2 Å². The number of ether oxygens (including phenoxy) is 1. The Morgan fingerprint density at radius 3 is 2.59 bits per heavy atom. The number of benzene rings is 1. The molecule has 0 saturated carbocycles. The Hall–Kier alpha value is -3.19. The molecule has 0 aliphatic carbocycles. The quantitative estimate of drug-likeness (QED) is 0.637. The van der Waals surface area contributed by atoms with Crippen LogP contribution in [0.15, 0.2) is 54.9 Å². The number of aromatic nitrogens is 3. The van der Waals surface area contributed by atoms with Gasteiger partial charge in [-0.25, -0.2) is 4.39 Å². The lowest BCUT2D eigenvalue weighted by Gasteiger charge is -2.20. The summed E-state index contributed by atoms with van der Waals surface area (Å²) in [5.74, 6) is -0.0867. The Morgan fingerprint density at radius 2 is 1.86 bits per heavy atom. The smallest absolute Gasteiger partial charge is 0.187 e. The fraction of sp³-hybridized carbons (Fsp3) is 0.273. The van der Waals surface area contributed by atoms with Gasteiger partial charge in [-0.05, 0) is 60.9 Å². The second-order valence-corrected chi connectivity index (χ2v) is 6.99. The van der Waals surface area contributed by atoms with Crippen LogP contribution in [-0.4, -0.2) is 34.2 Å². The van der Waals surface area contributed by atoms with E-state index in [1.807, 2.05) is 6.07 Å². The average Bonchev–Trinajstić information content (AvgIpc) is 2.77. The number of hydrogen-bond donors (Lipinski definition) is 1. The summed E-state index contributed by atoms with van der Waals surface area (Å²) < 4.78 is 18.5. The normalized spacial score (nSPS) is 14.5. The molecule has 1 saturated heterocycles. The molecule has 2 aromatic heterocycles. The zero-order chi connectivity index (χ0) is 20.1. The van der Waals surface area contributed by atoms with Crippen molar-refractivity contribution in [3.8, 4) is 0 Å². The minimum absolute atomic E-state index is 0.121. The minimum atomic E-state index is -0.306. The number of nitrogens with one attached hydrogen (secondary N) is 1. The van der Waals surface area contributed by atoms with Crippen LogP contribution in [0.5, 0.6) is 0 Å². The number of Topliss-reactive ketones (excluding diaryl/α,β-unsaturated/α-hetero) is 1. The number of ketones is 1. The van der Waals surface area contributed by atoms with Crippen molar-refractivity contribution in [1.82, 2.24) is 15.2 Å². The van der Waals surface area contributed by atoms with Crippen molar-refractivity contribution in [3.63, 3.8) is 0 Å². The number of rotatable bonds is 6. The third-order valence-electron chi connectivity index (χ3n) is 5.00. The van der Waals surface area contributed by atoms with E-state index in [4.69, 9.17) is 4.74 Å². The molecule has 7 heteroatoms. The highest BCUT2D eigenvalue weighted by Crippen LogP contribution is 2.25. The van der Waals surface area contributed by atoms with Gasteiger partial charge in [-0.3, -0.25) is 9.78 Å². The summed E-state index contributed by atoms with van der Waals surface area (Å²) >= 11 is 0. The van der Waals surface area contributed by atoms with E-state index in [0.29, 0.717) is 23.0 Å². The molecule has 1 aromatic carbocycles. The average molecular weight is 392 g/mol. The lowest BCUT2D eigenvalue weighted by atomic mass is 9.96. The van der Waals surface area contributed by atoms with Crippen molar-refractivity contribution < 1.29 is 13.9 Å². The number of carbonyl (C=O) groups excluding carboxylic acids is 1. The van der Waals surface area contributed by atoms with Gasteiger partial charge in [-0.15, -0.1) is 5.10 Å². The lowest BCUT2D eigenvalue weighted by molar-refractivity contribution is 0.0842. The maximum absolute atomic E-state index is 13.1. The van der Waals surface area contributed by atoms with Gasteiger partial charge in [0.25, 0.3) is 0 Å². The van der Waals surface area contributed by atoms with Crippen molar-refractivity contribution in [2.45, 2.75) is 25.2 Å². The number of pyridine rings is 1. The zero-order valence-electron chi connectivity index (χ0n) is 15.8. The molecule has 1 aliphatic rings. The predicted molar refractivity (Wildman–Crippen MR) is 107 cm³/mol. The molecule has 4 rings (SSSR count). The summed E-state index contributed by atoms with van der Waals surface area (Å²) in [6.45, 7) is 1.47. The molecule has 1 fully saturated rings. The Morgan fingerprint density at radius 1 is 1.07 bits per heavy atom. The van der Waals surface area contributed by atoms with E-state index in [-0.39, 0.29) is 18.0 Å². The van der Waals surface area contributed by atoms with Crippen LogP contribution in [0.3, 0.4) is 0 Å². The minimum Gasteiger partial charge on any atom is -0.381 e. The Kier molecular flexibility index (Phi) is 5.86. The van der Waals surface area contributed by atoms with Crippen molar-refractivity contribution >= 4 is 17.2 Å². The fourth-order valence-electron chi connectivity index (χ4n) is 3.34. The molecular formula is C22H21FN4O2. The van der Waals surface area contributed by atoms with E-state index in [2.05, 4.69) is 20.5 Å². The van der Waals surface area contributed by atoms with Crippen LogP contribution in [0.1, 0.15) is 40.5 Å². The maximum Gasteiger partial charge on any atom is 0.187 e. The molecule has 1 N–H and O–H groups in total. The van der Waals surface area contributed by atoms with Gasteiger partial charge in [0.1, 0.15) is 11.5 Å². The third kappa shape index (κ3) is 4.81. The molecular weight excluding hydrogens is 371 g/mol. The molecule has 0 bridgehead atoms. The molecule has 0 spiro atoms. The second-order valence-electron chi connectivity index (χ2n) is 6.99. The van der Waals surface area contributed by atoms with Crippen molar-refractivity contribution in [1.29, 1.82) is 0 Å². The Bertz CT molecular complexity index is 971. The van der Waals surface area contributed by atoms with E-state index in [9.17, 15) is 9.18 Å². The topological polar surface area (TPSA) is 77.0 Å². The molecule has 148 valence electrons. The van der Waals surface area contributed by atoms with Crippen LogP contribution >= 0.6 is 0 Å². The molecule has 6 nitrogen and oxygen atoms in total.